The summed E-state index contributed by atoms with van der Waals surface area (Å²) in [6.07, 6.45) is 2.97. The van der Waals surface area contributed by atoms with Gasteiger partial charge in [-0.3, -0.25) is 4.79 Å². The molecule has 1 aliphatic rings. The van der Waals surface area contributed by atoms with Crippen molar-refractivity contribution >= 4 is 23.1 Å². The van der Waals surface area contributed by atoms with Crippen LogP contribution >= 0.6 is 11.3 Å². The van der Waals surface area contributed by atoms with E-state index in [4.69, 9.17) is 4.74 Å². The monoisotopic (exact) mass is 346 g/mol. The van der Waals surface area contributed by atoms with E-state index in [1.165, 1.54) is 0 Å². The second-order valence-electron chi connectivity index (χ2n) is 6.12. The number of anilines is 1. The quantitative estimate of drug-likeness (QED) is 0.830. The SMILES string of the molecule is Cc1nc(CC(=O)N2CCC(Oc3cccnc3N(C)C)C2)cs1. The standard InChI is InChI=1S/C17H22N4O2S/c1-12-19-13(11-24-12)9-16(22)21-8-6-14(10-21)23-15-5-4-7-18-17(15)20(2)3/h4-5,7,11,14H,6,8-10H2,1-3H3. The largest absolute Gasteiger partial charge is 0.485 e. The van der Waals surface area contributed by atoms with Crippen LogP contribution in [0.15, 0.2) is 23.7 Å². The van der Waals surface area contributed by atoms with Gasteiger partial charge in [0.25, 0.3) is 0 Å². The number of amides is 1. The summed E-state index contributed by atoms with van der Waals surface area (Å²) in [7, 11) is 3.88. The number of aryl methyl sites for hydroxylation is 1. The molecule has 2 aromatic rings. The maximum atomic E-state index is 12.4. The minimum atomic E-state index is 0.00835. The van der Waals surface area contributed by atoms with E-state index < -0.39 is 0 Å². The summed E-state index contributed by atoms with van der Waals surface area (Å²) in [4.78, 5) is 24.9. The molecule has 0 N–H and O–H groups in total. The van der Waals surface area contributed by atoms with E-state index in [9.17, 15) is 4.79 Å². The van der Waals surface area contributed by atoms with E-state index in [1.807, 2.05) is 48.3 Å². The van der Waals surface area contributed by atoms with Crippen molar-refractivity contribution in [1.29, 1.82) is 0 Å². The molecule has 128 valence electrons. The Bertz CT molecular complexity index is 716. The molecule has 0 saturated carbocycles. The van der Waals surface area contributed by atoms with Crippen molar-refractivity contribution in [3.8, 4) is 5.75 Å². The first-order valence-electron chi connectivity index (χ1n) is 8.00. The molecule has 0 bridgehead atoms. The lowest BCUT2D eigenvalue weighted by Crippen LogP contribution is -2.32. The van der Waals surface area contributed by atoms with Crippen molar-refractivity contribution in [2.75, 3.05) is 32.1 Å². The van der Waals surface area contributed by atoms with Crippen LogP contribution in [0.5, 0.6) is 5.75 Å². The Kier molecular flexibility index (Phi) is 4.99. The Morgan fingerprint density at radius 2 is 2.33 bits per heavy atom. The smallest absolute Gasteiger partial charge is 0.228 e. The number of rotatable bonds is 5. The van der Waals surface area contributed by atoms with Gasteiger partial charge >= 0.3 is 0 Å². The zero-order chi connectivity index (χ0) is 17.1. The summed E-state index contributed by atoms with van der Waals surface area (Å²) in [5.74, 6) is 1.68. The number of thiazole rings is 1. The summed E-state index contributed by atoms with van der Waals surface area (Å²) < 4.78 is 6.09. The predicted octanol–water partition coefficient (Wildman–Crippen LogP) is 2.13. The number of hydrogen-bond acceptors (Lipinski definition) is 6. The Hall–Kier alpha value is -2.15. The molecule has 1 amide bonds. The van der Waals surface area contributed by atoms with Crippen LogP contribution in [0.1, 0.15) is 17.1 Å². The number of likely N-dealkylation sites (tertiary alicyclic amines) is 1. The van der Waals surface area contributed by atoms with Gasteiger partial charge in [-0.25, -0.2) is 9.97 Å². The molecule has 7 heteroatoms. The highest BCUT2D eigenvalue weighted by atomic mass is 32.1. The molecule has 24 heavy (non-hydrogen) atoms. The molecule has 1 saturated heterocycles. The van der Waals surface area contributed by atoms with Crippen LogP contribution in [0.2, 0.25) is 0 Å². The molecule has 0 aliphatic carbocycles. The molecule has 0 radical (unpaired) electrons. The molecule has 1 aliphatic heterocycles. The van der Waals surface area contributed by atoms with Gasteiger partial charge in [0.05, 0.1) is 23.7 Å². The zero-order valence-corrected chi connectivity index (χ0v) is 15.0. The number of ether oxygens (including phenoxy) is 1. The van der Waals surface area contributed by atoms with Crippen LogP contribution in [0, 0.1) is 6.92 Å². The van der Waals surface area contributed by atoms with Crippen LogP contribution in [-0.4, -0.2) is 54.1 Å². The first-order chi connectivity index (χ1) is 11.5. The van der Waals surface area contributed by atoms with Crippen molar-refractivity contribution < 1.29 is 9.53 Å². The normalized spacial score (nSPS) is 17.1. The highest BCUT2D eigenvalue weighted by Crippen LogP contribution is 2.26. The van der Waals surface area contributed by atoms with Crippen LogP contribution < -0.4 is 9.64 Å². The fraction of sp³-hybridized carbons (Fsp3) is 0.471. The summed E-state index contributed by atoms with van der Waals surface area (Å²) in [5, 5.41) is 2.95. The van der Waals surface area contributed by atoms with Crippen molar-refractivity contribution in [2.24, 2.45) is 0 Å². The lowest BCUT2D eigenvalue weighted by molar-refractivity contribution is -0.129. The molecule has 6 nitrogen and oxygen atoms in total. The second kappa shape index (κ2) is 7.17. The van der Waals surface area contributed by atoms with E-state index in [-0.39, 0.29) is 12.0 Å². The third kappa shape index (κ3) is 3.84. The molecule has 2 aromatic heterocycles. The number of pyridine rings is 1. The van der Waals surface area contributed by atoms with E-state index in [1.54, 1.807) is 17.5 Å². The fourth-order valence-electron chi connectivity index (χ4n) is 2.80. The van der Waals surface area contributed by atoms with Crippen molar-refractivity contribution in [1.82, 2.24) is 14.9 Å². The average molecular weight is 346 g/mol. The first kappa shape index (κ1) is 16.7. The molecular formula is C17H22N4O2S. The third-order valence-corrected chi connectivity index (χ3v) is 4.79. The van der Waals surface area contributed by atoms with Crippen LogP contribution in [0.3, 0.4) is 0 Å². The van der Waals surface area contributed by atoms with Crippen LogP contribution in [-0.2, 0) is 11.2 Å². The van der Waals surface area contributed by atoms with Gasteiger partial charge in [-0.05, 0) is 19.1 Å². The highest BCUT2D eigenvalue weighted by Gasteiger charge is 2.28. The van der Waals surface area contributed by atoms with E-state index in [2.05, 4.69) is 9.97 Å². The molecule has 3 rings (SSSR count). The van der Waals surface area contributed by atoms with Gasteiger partial charge in [-0.2, -0.15) is 0 Å². The molecule has 1 unspecified atom stereocenters. The van der Waals surface area contributed by atoms with Gasteiger partial charge < -0.3 is 14.5 Å². The van der Waals surface area contributed by atoms with Crippen LogP contribution in [0.4, 0.5) is 5.82 Å². The van der Waals surface area contributed by atoms with Crippen molar-refractivity contribution in [3.63, 3.8) is 0 Å². The van der Waals surface area contributed by atoms with E-state index in [0.717, 1.165) is 35.2 Å². The number of aromatic nitrogens is 2. The molecule has 1 fully saturated rings. The Morgan fingerprint density at radius 3 is 3.04 bits per heavy atom. The Labute approximate surface area is 146 Å². The highest BCUT2D eigenvalue weighted by molar-refractivity contribution is 7.09. The minimum absolute atomic E-state index is 0.00835. The van der Waals surface area contributed by atoms with E-state index >= 15 is 0 Å². The van der Waals surface area contributed by atoms with E-state index in [0.29, 0.717) is 13.0 Å². The summed E-state index contributed by atoms with van der Waals surface area (Å²) in [6.45, 7) is 3.29. The topological polar surface area (TPSA) is 58.6 Å². The number of carbonyl (C=O) groups is 1. The fourth-order valence-corrected chi connectivity index (χ4v) is 3.41. The van der Waals surface area contributed by atoms with Gasteiger partial charge in [-0.15, -0.1) is 11.3 Å². The maximum Gasteiger partial charge on any atom is 0.228 e. The molecule has 1 atom stereocenters. The number of hydrogen-bond donors (Lipinski definition) is 0. The molecular weight excluding hydrogens is 324 g/mol. The maximum absolute atomic E-state index is 12.4. The van der Waals surface area contributed by atoms with Gasteiger partial charge in [0.2, 0.25) is 5.91 Å². The Morgan fingerprint density at radius 1 is 1.50 bits per heavy atom. The Balaban J connectivity index is 1.58. The zero-order valence-electron chi connectivity index (χ0n) is 14.2. The van der Waals surface area contributed by atoms with Crippen LogP contribution in [0.25, 0.3) is 0 Å². The molecule has 0 aromatic carbocycles. The van der Waals surface area contributed by atoms with Crippen molar-refractivity contribution in [3.05, 3.63) is 34.4 Å². The predicted molar refractivity (Wildman–Crippen MR) is 94.7 cm³/mol. The third-order valence-electron chi connectivity index (χ3n) is 3.96. The van der Waals surface area contributed by atoms with Gasteiger partial charge in [0, 0.05) is 38.6 Å². The molecule has 3 heterocycles. The lowest BCUT2D eigenvalue weighted by Gasteiger charge is -2.20. The summed E-state index contributed by atoms with van der Waals surface area (Å²) in [6, 6.07) is 3.79. The van der Waals surface area contributed by atoms with Gasteiger partial charge in [0.15, 0.2) is 11.6 Å². The second-order valence-corrected chi connectivity index (χ2v) is 7.18. The molecule has 0 spiro atoms. The minimum Gasteiger partial charge on any atom is -0.485 e. The number of carbonyl (C=O) groups excluding carboxylic acids is 1. The average Bonchev–Trinajstić information content (AvgIpc) is 3.17. The number of nitrogens with zero attached hydrogens (tertiary/aromatic N) is 4. The summed E-state index contributed by atoms with van der Waals surface area (Å²) >= 11 is 1.58. The van der Waals surface area contributed by atoms with Gasteiger partial charge in [0.1, 0.15) is 6.10 Å². The van der Waals surface area contributed by atoms with Crippen molar-refractivity contribution in [2.45, 2.75) is 25.9 Å². The lowest BCUT2D eigenvalue weighted by atomic mass is 10.3. The van der Waals surface area contributed by atoms with Gasteiger partial charge in [-0.1, -0.05) is 0 Å². The summed E-state index contributed by atoms with van der Waals surface area (Å²) in [5.41, 5.74) is 0.856. The first-order valence-corrected chi connectivity index (χ1v) is 8.88.